The monoisotopic (exact) mass is 299 g/mol. The molecule has 1 aromatic heterocycles. The van der Waals surface area contributed by atoms with Crippen molar-refractivity contribution in [1.29, 1.82) is 0 Å². The Kier molecular flexibility index (Phi) is 3.22. The second-order valence-corrected chi connectivity index (χ2v) is 6.67. The molecule has 22 heavy (non-hydrogen) atoms. The summed E-state index contributed by atoms with van der Waals surface area (Å²) in [6.07, 6.45) is 2.62. The number of para-hydroxylation sites is 1. The van der Waals surface area contributed by atoms with Crippen LogP contribution in [0.5, 0.6) is 0 Å². The number of likely N-dealkylation sites (tertiary alicyclic amines) is 1. The Balaban J connectivity index is 1.47. The molecule has 1 amide bonds. The molecule has 0 radical (unpaired) electrons. The van der Waals surface area contributed by atoms with E-state index in [1.54, 1.807) is 0 Å². The number of furan rings is 1. The number of hydrogen-bond donors (Lipinski definition) is 0. The van der Waals surface area contributed by atoms with Crippen LogP contribution >= 0.6 is 0 Å². The molecule has 0 unspecified atom stereocenters. The van der Waals surface area contributed by atoms with Gasteiger partial charge in [0, 0.05) is 42.7 Å². The zero-order valence-electron chi connectivity index (χ0n) is 12.9. The Bertz CT molecular complexity index is 704. The maximum absolute atomic E-state index is 12.6. The normalized spacial score (nSPS) is 20.3. The largest absolute Gasteiger partial charge is 0.461 e. The number of amides is 1. The lowest BCUT2D eigenvalue weighted by molar-refractivity contribution is -0.149. The maximum atomic E-state index is 12.6. The molecule has 3 heterocycles. The van der Waals surface area contributed by atoms with Crippen LogP contribution in [0.15, 0.2) is 28.7 Å². The lowest BCUT2D eigenvalue weighted by Gasteiger charge is -2.52. The van der Waals surface area contributed by atoms with Crippen LogP contribution < -0.4 is 0 Å². The highest BCUT2D eigenvalue weighted by Gasteiger charge is 2.45. The molecule has 4 rings (SSSR count). The summed E-state index contributed by atoms with van der Waals surface area (Å²) in [7, 11) is 0. The molecular weight excluding hydrogens is 278 g/mol. The van der Waals surface area contributed by atoms with E-state index >= 15 is 0 Å². The molecule has 2 aliphatic rings. The molecule has 4 heteroatoms. The third-order valence-corrected chi connectivity index (χ3v) is 5.19. The maximum Gasteiger partial charge on any atom is 0.227 e. The molecule has 0 atom stereocenters. The summed E-state index contributed by atoms with van der Waals surface area (Å²) >= 11 is 0. The molecular formula is C18H21NO3. The van der Waals surface area contributed by atoms with Crippen LogP contribution in [0, 0.1) is 12.3 Å². The van der Waals surface area contributed by atoms with Crippen LogP contribution in [-0.4, -0.2) is 37.1 Å². The number of nitrogens with zero attached hydrogens (tertiary/aromatic N) is 1. The molecule has 2 fully saturated rings. The van der Waals surface area contributed by atoms with Crippen LogP contribution in [0.4, 0.5) is 0 Å². The van der Waals surface area contributed by atoms with Crippen LogP contribution in [0.3, 0.4) is 0 Å². The second kappa shape index (κ2) is 5.13. The van der Waals surface area contributed by atoms with Crippen LogP contribution in [0.2, 0.25) is 0 Å². The lowest BCUT2D eigenvalue weighted by atomic mass is 9.73. The molecule has 0 saturated carbocycles. The fraction of sp³-hybridized carbons (Fsp3) is 0.500. The Hall–Kier alpha value is -1.81. The summed E-state index contributed by atoms with van der Waals surface area (Å²) in [6.45, 7) is 5.41. The van der Waals surface area contributed by atoms with Crippen molar-refractivity contribution in [3.8, 4) is 0 Å². The molecule has 2 saturated heterocycles. The van der Waals surface area contributed by atoms with E-state index in [0.29, 0.717) is 11.8 Å². The number of carbonyl (C=O) groups excluding carboxylic acids is 1. The molecule has 1 aromatic carbocycles. The Morgan fingerprint density at radius 2 is 1.95 bits per heavy atom. The van der Waals surface area contributed by atoms with Crippen molar-refractivity contribution in [2.75, 3.05) is 26.3 Å². The lowest BCUT2D eigenvalue weighted by Crippen LogP contribution is -2.60. The first-order valence-electron chi connectivity index (χ1n) is 7.99. The van der Waals surface area contributed by atoms with Crippen molar-refractivity contribution in [2.24, 2.45) is 5.41 Å². The molecule has 0 bridgehead atoms. The predicted octanol–water partition coefficient (Wildman–Crippen LogP) is 2.92. The van der Waals surface area contributed by atoms with Crippen molar-refractivity contribution in [3.63, 3.8) is 0 Å². The zero-order chi connectivity index (χ0) is 15.2. The number of hydrogen-bond acceptors (Lipinski definition) is 3. The number of ether oxygens (including phenoxy) is 1. The third kappa shape index (κ3) is 2.22. The molecule has 1 spiro atoms. The van der Waals surface area contributed by atoms with Gasteiger partial charge in [-0.3, -0.25) is 4.79 Å². The highest BCUT2D eigenvalue weighted by atomic mass is 16.5. The summed E-state index contributed by atoms with van der Waals surface area (Å²) in [5.74, 6) is 1.07. The van der Waals surface area contributed by atoms with E-state index in [4.69, 9.17) is 9.15 Å². The minimum Gasteiger partial charge on any atom is -0.461 e. The fourth-order valence-electron chi connectivity index (χ4n) is 3.76. The number of fused-ring (bicyclic) bond motifs is 1. The average molecular weight is 299 g/mol. The molecule has 2 aliphatic heterocycles. The molecule has 0 aliphatic carbocycles. The van der Waals surface area contributed by atoms with E-state index in [1.165, 1.54) is 0 Å². The van der Waals surface area contributed by atoms with Gasteiger partial charge in [-0.25, -0.2) is 0 Å². The van der Waals surface area contributed by atoms with Gasteiger partial charge in [0.2, 0.25) is 5.91 Å². The summed E-state index contributed by atoms with van der Waals surface area (Å²) < 4.78 is 11.2. The van der Waals surface area contributed by atoms with Crippen LogP contribution in [-0.2, 0) is 16.0 Å². The molecule has 4 nitrogen and oxygen atoms in total. The number of carbonyl (C=O) groups is 1. The van der Waals surface area contributed by atoms with Crippen molar-refractivity contribution >= 4 is 16.9 Å². The molecule has 116 valence electrons. The van der Waals surface area contributed by atoms with Gasteiger partial charge >= 0.3 is 0 Å². The van der Waals surface area contributed by atoms with Gasteiger partial charge in [-0.15, -0.1) is 0 Å². The quantitative estimate of drug-likeness (QED) is 0.856. The predicted molar refractivity (Wildman–Crippen MR) is 83.7 cm³/mol. The second-order valence-electron chi connectivity index (χ2n) is 6.67. The summed E-state index contributed by atoms with van der Waals surface area (Å²) in [4.78, 5) is 14.6. The average Bonchev–Trinajstić information content (AvgIpc) is 2.81. The fourth-order valence-corrected chi connectivity index (χ4v) is 3.76. The first kappa shape index (κ1) is 13.8. The number of benzene rings is 1. The van der Waals surface area contributed by atoms with Crippen molar-refractivity contribution in [2.45, 2.75) is 26.2 Å². The first-order chi connectivity index (χ1) is 10.7. The van der Waals surface area contributed by atoms with Gasteiger partial charge in [-0.05, 0) is 25.8 Å². The van der Waals surface area contributed by atoms with Gasteiger partial charge in [0.25, 0.3) is 0 Å². The Labute approximate surface area is 130 Å². The summed E-state index contributed by atoms with van der Waals surface area (Å²) in [6, 6.07) is 7.94. The topological polar surface area (TPSA) is 42.7 Å². The van der Waals surface area contributed by atoms with Gasteiger partial charge in [-0.2, -0.15) is 0 Å². The minimum atomic E-state index is 0.215. The molecule has 2 aromatic rings. The van der Waals surface area contributed by atoms with Gasteiger partial charge in [0.1, 0.15) is 11.3 Å². The molecule has 0 N–H and O–H groups in total. The van der Waals surface area contributed by atoms with E-state index in [9.17, 15) is 4.79 Å². The standard InChI is InChI=1S/C18H21NO3/c1-13-15(14-4-2-3-5-16(14)22-13)10-17(20)19-11-18(12-19)6-8-21-9-7-18/h2-5H,6-12H2,1H3. The smallest absolute Gasteiger partial charge is 0.227 e. The van der Waals surface area contributed by atoms with E-state index in [0.717, 1.165) is 61.4 Å². The van der Waals surface area contributed by atoms with Gasteiger partial charge in [0.05, 0.1) is 6.42 Å². The number of aryl methyl sites for hydroxylation is 1. The van der Waals surface area contributed by atoms with Gasteiger partial charge in [0.15, 0.2) is 0 Å². The van der Waals surface area contributed by atoms with Gasteiger partial charge in [-0.1, -0.05) is 18.2 Å². The van der Waals surface area contributed by atoms with E-state index in [1.807, 2.05) is 36.1 Å². The van der Waals surface area contributed by atoms with E-state index in [2.05, 4.69) is 0 Å². The highest BCUT2D eigenvalue weighted by molar-refractivity contribution is 5.89. The Morgan fingerprint density at radius 1 is 1.23 bits per heavy atom. The zero-order valence-corrected chi connectivity index (χ0v) is 12.9. The van der Waals surface area contributed by atoms with Crippen LogP contribution in [0.25, 0.3) is 11.0 Å². The van der Waals surface area contributed by atoms with Crippen LogP contribution in [0.1, 0.15) is 24.2 Å². The minimum absolute atomic E-state index is 0.215. The summed E-state index contributed by atoms with van der Waals surface area (Å²) in [5, 5.41) is 1.06. The SMILES string of the molecule is Cc1oc2ccccc2c1CC(=O)N1CC2(CCOCC2)C1. The van der Waals surface area contributed by atoms with Crippen molar-refractivity contribution in [3.05, 3.63) is 35.6 Å². The first-order valence-corrected chi connectivity index (χ1v) is 7.99. The highest BCUT2D eigenvalue weighted by Crippen LogP contribution is 2.40. The Morgan fingerprint density at radius 3 is 2.73 bits per heavy atom. The van der Waals surface area contributed by atoms with Gasteiger partial charge < -0.3 is 14.1 Å². The summed E-state index contributed by atoms with van der Waals surface area (Å²) in [5.41, 5.74) is 2.24. The van der Waals surface area contributed by atoms with E-state index < -0.39 is 0 Å². The van der Waals surface area contributed by atoms with E-state index in [-0.39, 0.29) is 5.91 Å². The van der Waals surface area contributed by atoms with Crippen molar-refractivity contribution < 1.29 is 13.9 Å². The number of rotatable bonds is 2. The third-order valence-electron chi connectivity index (χ3n) is 5.19. The van der Waals surface area contributed by atoms with Crippen molar-refractivity contribution in [1.82, 2.24) is 4.90 Å².